The first-order valence-electron chi connectivity index (χ1n) is 6.13. The molecule has 2 N–H and O–H groups in total. The van der Waals surface area contributed by atoms with Crippen molar-refractivity contribution in [3.8, 4) is 5.75 Å². The van der Waals surface area contributed by atoms with Crippen molar-refractivity contribution >= 4 is 11.6 Å². The second-order valence-electron chi connectivity index (χ2n) is 4.54. The van der Waals surface area contributed by atoms with Crippen molar-refractivity contribution < 1.29 is 4.74 Å². The summed E-state index contributed by atoms with van der Waals surface area (Å²) < 4.78 is 7.64. The number of aryl methyl sites for hydroxylation is 2. The van der Waals surface area contributed by atoms with Gasteiger partial charge in [-0.2, -0.15) is 5.10 Å². The summed E-state index contributed by atoms with van der Waals surface area (Å²) in [5.74, 6) is 0.821. The van der Waals surface area contributed by atoms with Crippen molar-refractivity contribution in [2.24, 2.45) is 12.8 Å². The Kier molecular flexibility index (Phi) is 4.12. The topological polar surface area (TPSA) is 53.1 Å². The summed E-state index contributed by atoms with van der Waals surface area (Å²) in [6, 6.07) is 5.79. The monoisotopic (exact) mass is 279 g/mol. The summed E-state index contributed by atoms with van der Waals surface area (Å²) in [6.07, 6.45) is 0. The molecule has 1 heterocycles. The van der Waals surface area contributed by atoms with Crippen LogP contribution < -0.4 is 10.5 Å². The second kappa shape index (κ2) is 5.63. The molecular formula is C14H18ClN3O. The van der Waals surface area contributed by atoms with Crippen LogP contribution in [0.15, 0.2) is 18.2 Å². The molecule has 0 aliphatic rings. The summed E-state index contributed by atoms with van der Waals surface area (Å²) >= 11 is 6.20. The number of hydrogen-bond acceptors (Lipinski definition) is 3. The number of nitrogens with zero attached hydrogens (tertiary/aromatic N) is 2. The Morgan fingerprint density at radius 3 is 2.63 bits per heavy atom. The molecule has 0 saturated carbocycles. The first kappa shape index (κ1) is 13.9. The van der Waals surface area contributed by atoms with Gasteiger partial charge in [-0.25, -0.2) is 0 Å². The van der Waals surface area contributed by atoms with E-state index < -0.39 is 0 Å². The molecule has 0 amide bonds. The van der Waals surface area contributed by atoms with E-state index in [4.69, 9.17) is 22.1 Å². The van der Waals surface area contributed by atoms with Crippen LogP contribution in [0, 0.1) is 13.8 Å². The summed E-state index contributed by atoms with van der Waals surface area (Å²) in [6.45, 7) is 4.83. The number of rotatable bonds is 4. The highest BCUT2D eigenvalue weighted by Crippen LogP contribution is 2.24. The normalized spacial score (nSPS) is 10.8. The fourth-order valence-corrected chi connectivity index (χ4v) is 2.21. The van der Waals surface area contributed by atoms with Crippen LogP contribution in [-0.2, 0) is 20.2 Å². The van der Waals surface area contributed by atoms with Gasteiger partial charge in [-0.05, 0) is 25.5 Å². The van der Waals surface area contributed by atoms with E-state index in [2.05, 4.69) is 5.10 Å². The van der Waals surface area contributed by atoms with Crippen molar-refractivity contribution in [3.63, 3.8) is 0 Å². The van der Waals surface area contributed by atoms with Gasteiger partial charge in [0.25, 0.3) is 0 Å². The van der Waals surface area contributed by atoms with E-state index in [0.717, 1.165) is 28.3 Å². The maximum Gasteiger partial charge on any atom is 0.163 e. The Labute approximate surface area is 118 Å². The van der Waals surface area contributed by atoms with Crippen molar-refractivity contribution in [2.75, 3.05) is 0 Å². The maximum atomic E-state index is 6.20. The molecule has 0 saturated heterocycles. The molecule has 0 atom stereocenters. The van der Waals surface area contributed by atoms with Crippen LogP contribution in [0.5, 0.6) is 5.75 Å². The Bertz CT molecular complexity index is 593. The summed E-state index contributed by atoms with van der Waals surface area (Å²) in [5, 5.41) is 5.00. The predicted octanol–water partition coefficient (Wildman–Crippen LogP) is 2.73. The van der Waals surface area contributed by atoms with Crippen LogP contribution in [-0.4, -0.2) is 9.78 Å². The average molecular weight is 280 g/mol. The minimum atomic E-state index is 0.428. The zero-order valence-electron chi connectivity index (χ0n) is 11.4. The first-order valence-corrected chi connectivity index (χ1v) is 6.51. The molecule has 0 bridgehead atoms. The molecule has 0 fully saturated rings. The number of ether oxygens (including phenoxy) is 1. The number of benzene rings is 1. The first-order chi connectivity index (χ1) is 9.02. The molecule has 4 nitrogen and oxygen atoms in total. The highest BCUT2D eigenvalue weighted by Gasteiger charge is 2.11. The van der Waals surface area contributed by atoms with Crippen LogP contribution in [0.3, 0.4) is 0 Å². The van der Waals surface area contributed by atoms with Gasteiger partial charge in [0, 0.05) is 24.2 Å². The van der Waals surface area contributed by atoms with Gasteiger partial charge in [0.1, 0.15) is 12.3 Å². The molecule has 0 radical (unpaired) electrons. The van der Waals surface area contributed by atoms with E-state index in [9.17, 15) is 0 Å². The van der Waals surface area contributed by atoms with E-state index in [0.29, 0.717) is 18.2 Å². The third-order valence-corrected chi connectivity index (χ3v) is 3.52. The smallest absolute Gasteiger partial charge is 0.163 e. The molecule has 0 aliphatic carbocycles. The highest BCUT2D eigenvalue weighted by atomic mass is 35.5. The van der Waals surface area contributed by atoms with Gasteiger partial charge in [-0.1, -0.05) is 23.7 Å². The minimum Gasteiger partial charge on any atom is -0.485 e. The second-order valence-corrected chi connectivity index (χ2v) is 4.95. The third kappa shape index (κ3) is 2.91. The molecule has 1 aromatic carbocycles. The van der Waals surface area contributed by atoms with Crippen LogP contribution in [0.2, 0.25) is 5.02 Å². The van der Waals surface area contributed by atoms with E-state index >= 15 is 0 Å². The molecule has 2 aromatic rings. The van der Waals surface area contributed by atoms with Crippen molar-refractivity contribution in [3.05, 3.63) is 45.7 Å². The lowest BCUT2D eigenvalue weighted by Gasteiger charge is -2.09. The van der Waals surface area contributed by atoms with Gasteiger partial charge >= 0.3 is 0 Å². The molecule has 0 spiro atoms. The molecule has 0 unspecified atom stereocenters. The van der Waals surface area contributed by atoms with Crippen molar-refractivity contribution in [1.82, 2.24) is 9.78 Å². The zero-order chi connectivity index (χ0) is 14.0. The van der Waals surface area contributed by atoms with Gasteiger partial charge in [0.15, 0.2) is 5.75 Å². The van der Waals surface area contributed by atoms with Gasteiger partial charge < -0.3 is 10.5 Å². The summed E-state index contributed by atoms with van der Waals surface area (Å²) in [4.78, 5) is 0. The average Bonchev–Trinajstić information content (AvgIpc) is 2.62. The fraction of sp³-hybridized carbons (Fsp3) is 0.357. The molecule has 1 aromatic heterocycles. The molecule has 2 rings (SSSR count). The van der Waals surface area contributed by atoms with E-state index in [1.165, 1.54) is 0 Å². The van der Waals surface area contributed by atoms with Crippen LogP contribution in [0.1, 0.15) is 22.5 Å². The zero-order valence-corrected chi connectivity index (χ0v) is 12.2. The summed E-state index contributed by atoms with van der Waals surface area (Å²) in [5.41, 5.74) is 9.43. The largest absolute Gasteiger partial charge is 0.485 e. The molecular weight excluding hydrogens is 262 g/mol. The lowest BCUT2D eigenvalue weighted by Crippen LogP contribution is -2.01. The predicted molar refractivity (Wildman–Crippen MR) is 76.4 cm³/mol. The highest BCUT2D eigenvalue weighted by molar-refractivity contribution is 6.31. The van der Waals surface area contributed by atoms with Gasteiger partial charge in [-0.15, -0.1) is 0 Å². The van der Waals surface area contributed by atoms with Crippen LogP contribution >= 0.6 is 11.6 Å². The molecule has 5 heteroatoms. The Hall–Kier alpha value is -1.52. The lowest BCUT2D eigenvalue weighted by molar-refractivity contribution is 0.301. The summed E-state index contributed by atoms with van der Waals surface area (Å²) in [7, 11) is 1.90. The SMILES string of the molecule is Cc1nn(C)c(C)c1OCc1ccc(CN)cc1Cl. The van der Waals surface area contributed by atoms with Crippen LogP contribution in [0.4, 0.5) is 0 Å². The number of hydrogen-bond donors (Lipinski definition) is 1. The van der Waals surface area contributed by atoms with Crippen LogP contribution in [0.25, 0.3) is 0 Å². The molecule has 0 aliphatic heterocycles. The Morgan fingerprint density at radius 2 is 2.11 bits per heavy atom. The fourth-order valence-electron chi connectivity index (χ4n) is 1.95. The lowest BCUT2D eigenvalue weighted by atomic mass is 10.1. The Balaban J connectivity index is 2.14. The molecule has 102 valence electrons. The third-order valence-electron chi connectivity index (χ3n) is 3.17. The van der Waals surface area contributed by atoms with E-state index in [1.54, 1.807) is 0 Å². The van der Waals surface area contributed by atoms with Crippen molar-refractivity contribution in [1.29, 1.82) is 0 Å². The van der Waals surface area contributed by atoms with E-state index in [1.807, 2.05) is 43.8 Å². The Morgan fingerprint density at radius 1 is 1.37 bits per heavy atom. The van der Waals surface area contributed by atoms with E-state index in [-0.39, 0.29) is 0 Å². The van der Waals surface area contributed by atoms with Gasteiger partial charge in [-0.3, -0.25) is 4.68 Å². The van der Waals surface area contributed by atoms with Gasteiger partial charge in [0.2, 0.25) is 0 Å². The minimum absolute atomic E-state index is 0.428. The number of aromatic nitrogens is 2. The van der Waals surface area contributed by atoms with Crippen molar-refractivity contribution in [2.45, 2.75) is 27.0 Å². The maximum absolute atomic E-state index is 6.20. The number of halogens is 1. The number of nitrogens with two attached hydrogens (primary N) is 1. The molecule has 19 heavy (non-hydrogen) atoms. The standard InChI is InChI=1S/C14H18ClN3O/c1-9-14(10(2)18(3)17-9)19-8-12-5-4-11(7-16)6-13(12)15/h4-6H,7-8,16H2,1-3H3. The van der Waals surface area contributed by atoms with Gasteiger partial charge in [0.05, 0.1) is 5.69 Å². The quantitative estimate of drug-likeness (QED) is 0.936.